The number of halogens is 1. The Bertz CT molecular complexity index is 778. The van der Waals surface area contributed by atoms with Gasteiger partial charge in [-0.25, -0.2) is 0 Å². The minimum Gasteiger partial charge on any atom is -0.456 e. The Morgan fingerprint density at radius 1 is 1.00 bits per heavy atom. The highest BCUT2D eigenvalue weighted by molar-refractivity contribution is 6.30. The van der Waals surface area contributed by atoms with Gasteiger partial charge in [0.25, 0.3) is 5.56 Å². The Morgan fingerprint density at radius 2 is 1.74 bits per heavy atom. The lowest BCUT2D eigenvalue weighted by molar-refractivity contribution is 0.487. The van der Waals surface area contributed by atoms with E-state index in [-0.39, 0.29) is 5.56 Å². The topological polar surface area (TPSA) is 42.1 Å². The molecule has 3 aromatic rings. The zero-order valence-electron chi connectivity index (χ0n) is 9.89. The van der Waals surface area contributed by atoms with Crippen molar-refractivity contribution in [2.45, 2.75) is 0 Å². The van der Waals surface area contributed by atoms with Crippen molar-refractivity contribution in [2.24, 2.45) is 0 Å². The van der Waals surface area contributed by atoms with Crippen LogP contribution in [-0.4, -0.2) is 4.98 Å². The van der Waals surface area contributed by atoms with Gasteiger partial charge in [-0.3, -0.25) is 4.79 Å². The lowest BCUT2D eigenvalue weighted by atomic mass is 10.2. The van der Waals surface area contributed by atoms with Gasteiger partial charge < -0.3 is 9.72 Å². The number of hydrogen-bond donors (Lipinski definition) is 1. The first-order valence-electron chi connectivity index (χ1n) is 5.78. The van der Waals surface area contributed by atoms with Gasteiger partial charge in [0.05, 0.1) is 5.52 Å². The normalized spacial score (nSPS) is 10.6. The highest BCUT2D eigenvalue weighted by Crippen LogP contribution is 2.27. The molecule has 0 aliphatic heterocycles. The third-order valence-corrected chi connectivity index (χ3v) is 3.01. The van der Waals surface area contributed by atoms with E-state index in [0.717, 1.165) is 10.9 Å². The Labute approximate surface area is 114 Å². The molecule has 0 saturated carbocycles. The van der Waals surface area contributed by atoms with Gasteiger partial charge in [0, 0.05) is 16.5 Å². The van der Waals surface area contributed by atoms with E-state index >= 15 is 0 Å². The summed E-state index contributed by atoms with van der Waals surface area (Å²) in [7, 11) is 0. The van der Waals surface area contributed by atoms with E-state index < -0.39 is 0 Å². The largest absolute Gasteiger partial charge is 0.456 e. The molecule has 3 rings (SSSR count). The lowest BCUT2D eigenvalue weighted by Crippen LogP contribution is -2.04. The third-order valence-electron chi connectivity index (χ3n) is 2.75. The molecule has 0 aliphatic rings. The molecule has 4 heteroatoms. The van der Waals surface area contributed by atoms with Crippen LogP contribution in [0.5, 0.6) is 11.5 Å². The van der Waals surface area contributed by atoms with Crippen molar-refractivity contribution in [2.75, 3.05) is 0 Å². The zero-order valence-corrected chi connectivity index (χ0v) is 10.6. The maximum absolute atomic E-state index is 11.6. The van der Waals surface area contributed by atoms with Crippen molar-refractivity contribution in [1.82, 2.24) is 4.98 Å². The molecule has 2 aromatic carbocycles. The van der Waals surface area contributed by atoms with Crippen LogP contribution in [0.3, 0.4) is 0 Å². The second kappa shape index (κ2) is 4.78. The number of rotatable bonds is 2. The first-order valence-corrected chi connectivity index (χ1v) is 6.16. The van der Waals surface area contributed by atoms with Gasteiger partial charge in [0.1, 0.15) is 11.5 Å². The van der Waals surface area contributed by atoms with Gasteiger partial charge in [-0.15, -0.1) is 0 Å². The van der Waals surface area contributed by atoms with E-state index in [1.165, 1.54) is 6.07 Å². The van der Waals surface area contributed by atoms with Crippen LogP contribution in [0.4, 0.5) is 0 Å². The molecular formula is C15H10ClNO2. The standard InChI is InChI=1S/C15H10ClNO2/c16-10-5-7-11(8-6-10)19-14-9-15(18)17-13-4-2-1-3-12(13)14/h1-9H,(H,17,18). The van der Waals surface area contributed by atoms with Gasteiger partial charge in [-0.2, -0.15) is 0 Å². The summed E-state index contributed by atoms with van der Waals surface area (Å²) < 4.78 is 5.75. The summed E-state index contributed by atoms with van der Waals surface area (Å²) in [6.07, 6.45) is 0. The fraction of sp³-hybridized carbons (Fsp3) is 0. The molecule has 1 aromatic heterocycles. The fourth-order valence-electron chi connectivity index (χ4n) is 1.89. The molecule has 0 unspecified atom stereocenters. The zero-order chi connectivity index (χ0) is 13.2. The number of benzene rings is 2. The molecule has 94 valence electrons. The maximum atomic E-state index is 11.6. The average molecular weight is 272 g/mol. The van der Waals surface area contributed by atoms with Crippen molar-refractivity contribution < 1.29 is 4.74 Å². The van der Waals surface area contributed by atoms with Crippen LogP contribution in [0.1, 0.15) is 0 Å². The molecule has 0 bridgehead atoms. The first-order chi connectivity index (χ1) is 9.22. The number of ether oxygens (including phenoxy) is 1. The first kappa shape index (κ1) is 11.8. The minimum atomic E-state index is -0.192. The second-order valence-electron chi connectivity index (χ2n) is 4.10. The quantitative estimate of drug-likeness (QED) is 0.766. The van der Waals surface area contributed by atoms with Crippen LogP contribution < -0.4 is 10.3 Å². The molecule has 0 amide bonds. The molecule has 3 nitrogen and oxygen atoms in total. The highest BCUT2D eigenvalue weighted by atomic mass is 35.5. The molecule has 0 radical (unpaired) electrons. The summed E-state index contributed by atoms with van der Waals surface area (Å²) in [5.74, 6) is 1.17. The summed E-state index contributed by atoms with van der Waals surface area (Å²) in [4.78, 5) is 14.4. The van der Waals surface area contributed by atoms with E-state index in [4.69, 9.17) is 16.3 Å². The number of hydrogen-bond acceptors (Lipinski definition) is 2. The van der Waals surface area contributed by atoms with E-state index in [1.807, 2.05) is 24.3 Å². The van der Waals surface area contributed by atoms with Crippen LogP contribution in [0.2, 0.25) is 5.02 Å². The number of H-pyrrole nitrogens is 1. The van der Waals surface area contributed by atoms with Gasteiger partial charge in [-0.05, 0) is 36.4 Å². The van der Waals surface area contributed by atoms with Crippen molar-refractivity contribution in [3.63, 3.8) is 0 Å². The van der Waals surface area contributed by atoms with Gasteiger partial charge >= 0.3 is 0 Å². The van der Waals surface area contributed by atoms with Crippen molar-refractivity contribution in [3.8, 4) is 11.5 Å². The van der Waals surface area contributed by atoms with Crippen LogP contribution in [0, 0.1) is 0 Å². The van der Waals surface area contributed by atoms with E-state index in [0.29, 0.717) is 16.5 Å². The number of fused-ring (bicyclic) bond motifs is 1. The predicted octanol–water partition coefficient (Wildman–Crippen LogP) is 3.97. The van der Waals surface area contributed by atoms with Gasteiger partial charge in [0.2, 0.25) is 0 Å². The summed E-state index contributed by atoms with van der Waals surface area (Å²) in [5.41, 5.74) is 0.557. The summed E-state index contributed by atoms with van der Waals surface area (Å²) in [6, 6.07) is 16.0. The fourth-order valence-corrected chi connectivity index (χ4v) is 2.01. The van der Waals surface area contributed by atoms with Gasteiger partial charge in [-0.1, -0.05) is 23.7 Å². The molecule has 1 heterocycles. The van der Waals surface area contributed by atoms with Crippen molar-refractivity contribution in [3.05, 3.63) is 70.0 Å². The molecule has 0 aliphatic carbocycles. The molecule has 1 N–H and O–H groups in total. The summed E-state index contributed by atoms with van der Waals surface area (Å²) in [6.45, 7) is 0. The lowest BCUT2D eigenvalue weighted by Gasteiger charge is -2.08. The van der Waals surface area contributed by atoms with E-state index in [1.54, 1.807) is 24.3 Å². The third kappa shape index (κ3) is 2.46. The predicted molar refractivity (Wildman–Crippen MR) is 76.1 cm³/mol. The Hall–Kier alpha value is -2.26. The number of aromatic nitrogens is 1. The van der Waals surface area contributed by atoms with Crippen molar-refractivity contribution in [1.29, 1.82) is 0 Å². The van der Waals surface area contributed by atoms with Crippen LogP contribution >= 0.6 is 11.6 Å². The molecule has 0 atom stereocenters. The molecular weight excluding hydrogens is 262 g/mol. The number of pyridine rings is 1. The summed E-state index contributed by atoms with van der Waals surface area (Å²) in [5, 5.41) is 1.50. The Kier molecular flexibility index (Phi) is 2.97. The molecule has 0 fully saturated rings. The number of para-hydroxylation sites is 1. The SMILES string of the molecule is O=c1cc(Oc2ccc(Cl)cc2)c2ccccc2[nH]1. The molecule has 19 heavy (non-hydrogen) atoms. The van der Waals surface area contributed by atoms with E-state index in [2.05, 4.69) is 4.98 Å². The summed E-state index contributed by atoms with van der Waals surface area (Å²) >= 11 is 5.82. The smallest absolute Gasteiger partial charge is 0.252 e. The second-order valence-corrected chi connectivity index (χ2v) is 4.54. The highest BCUT2D eigenvalue weighted by Gasteiger charge is 2.05. The number of nitrogens with one attached hydrogen (secondary N) is 1. The average Bonchev–Trinajstić information content (AvgIpc) is 2.41. The van der Waals surface area contributed by atoms with Crippen molar-refractivity contribution >= 4 is 22.5 Å². The van der Waals surface area contributed by atoms with E-state index in [9.17, 15) is 4.79 Å². The Morgan fingerprint density at radius 3 is 2.53 bits per heavy atom. The minimum absolute atomic E-state index is 0.192. The van der Waals surface area contributed by atoms with Gasteiger partial charge in [0.15, 0.2) is 0 Å². The molecule has 0 spiro atoms. The number of aromatic amines is 1. The Balaban J connectivity index is 2.09. The van der Waals surface area contributed by atoms with Crippen LogP contribution in [0.15, 0.2) is 59.4 Å². The maximum Gasteiger partial charge on any atom is 0.252 e. The van der Waals surface area contributed by atoms with Crippen LogP contribution in [-0.2, 0) is 0 Å². The molecule has 0 saturated heterocycles. The monoisotopic (exact) mass is 271 g/mol. The van der Waals surface area contributed by atoms with Crippen LogP contribution in [0.25, 0.3) is 10.9 Å².